The zero-order valence-corrected chi connectivity index (χ0v) is 10.2. The highest BCUT2D eigenvalue weighted by molar-refractivity contribution is 4.98. The van der Waals surface area contributed by atoms with Gasteiger partial charge in [-0.25, -0.2) is 4.98 Å². The monoisotopic (exact) mass is 222 g/mol. The van der Waals surface area contributed by atoms with Gasteiger partial charge < -0.3 is 9.88 Å². The van der Waals surface area contributed by atoms with Gasteiger partial charge in [-0.1, -0.05) is 6.92 Å². The molecule has 1 aromatic rings. The number of nitrogens with one attached hydrogen (secondary N) is 1. The van der Waals surface area contributed by atoms with E-state index < -0.39 is 0 Å². The lowest BCUT2D eigenvalue weighted by Gasteiger charge is -2.19. The quantitative estimate of drug-likeness (QED) is 0.828. The molecule has 1 aliphatic rings. The summed E-state index contributed by atoms with van der Waals surface area (Å²) in [4.78, 5) is 6.77. The van der Waals surface area contributed by atoms with Gasteiger partial charge in [0, 0.05) is 32.4 Å². The van der Waals surface area contributed by atoms with Crippen molar-refractivity contribution in [3.05, 3.63) is 18.2 Å². The van der Waals surface area contributed by atoms with Crippen molar-refractivity contribution in [2.45, 2.75) is 32.9 Å². The van der Waals surface area contributed by atoms with Crippen molar-refractivity contribution in [1.82, 2.24) is 19.8 Å². The summed E-state index contributed by atoms with van der Waals surface area (Å²) in [6.45, 7) is 8.96. The molecule has 2 rings (SSSR count). The summed E-state index contributed by atoms with van der Waals surface area (Å²) in [7, 11) is 0. The number of nitrogens with zero attached hydrogens (tertiary/aromatic N) is 3. The lowest BCUT2D eigenvalue weighted by atomic mass is 10.3. The van der Waals surface area contributed by atoms with Crippen LogP contribution in [0.4, 0.5) is 0 Å². The lowest BCUT2D eigenvalue weighted by molar-refractivity contribution is 0.276. The van der Waals surface area contributed by atoms with E-state index in [9.17, 15) is 0 Å². The molecule has 1 N–H and O–H groups in total. The number of aryl methyl sites for hydroxylation is 1. The summed E-state index contributed by atoms with van der Waals surface area (Å²) in [5, 5.41) is 3.43. The third-order valence-corrected chi connectivity index (χ3v) is 3.08. The fraction of sp³-hybridized carbons (Fsp3) is 0.750. The van der Waals surface area contributed by atoms with Gasteiger partial charge in [-0.15, -0.1) is 0 Å². The Morgan fingerprint density at radius 3 is 3.19 bits per heavy atom. The second-order valence-corrected chi connectivity index (χ2v) is 4.46. The Morgan fingerprint density at radius 2 is 2.31 bits per heavy atom. The second kappa shape index (κ2) is 6.01. The predicted octanol–water partition coefficient (Wildman–Crippen LogP) is 1.09. The van der Waals surface area contributed by atoms with E-state index in [1.807, 2.05) is 12.5 Å². The number of rotatable bonds is 4. The smallest absolute Gasteiger partial charge is 0.0948 e. The van der Waals surface area contributed by atoms with Crippen LogP contribution in [0.15, 0.2) is 12.5 Å². The standard InChI is InChI=1S/C12H22N4/c1-2-6-16-11-14-9-12(16)10-15-7-3-4-13-5-8-15/h9,11,13H,2-8,10H2,1H3. The van der Waals surface area contributed by atoms with E-state index in [-0.39, 0.29) is 0 Å². The lowest BCUT2D eigenvalue weighted by Crippen LogP contribution is -2.28. The molecule has 0 aromatic carbocycles. The van der Waals surface area contributed by atoms with Gasteiger partial charge in [0.15, 0.2) is 0 Å². The van der Waals surface area contributed by atoms with Gasteiger partial charge in [0.2, 0.25) is 0 Å². The van der Waals surface area contributed by atoms with Crippen LogP contribution in [0, 0.1) is 0 Å². The van der Waals surface area contributed by atoms with Gasteiger partial charge >= 0.3 is 0 Å². The van der Waals surface area contributed by atoms with Crippen molar-refractivity contribution in [3.8, 4) is 0 Å². The van der Waals surface area contributed by atoms with Crippen LogP contribution in [0.5, 0.6) is 0 Å². The highest BCUT2D eigenvalue weighted by Crippen LogP contribution is 2.07. The highest BCUT2D eigenvalue weighted by Gasteiger charge is 2.11. The van der Waals surface area contributed by atoms with E-state index in [0.717, 1.165) is 32.7 Å². The summed E-state index contributed by atoms with van der Waals surface area (Å²) in [6, 6.07) is 0. The molecule has 0 bridgehead atoms. The number of imidazole rings is 1. The molecule has 0 atom stereocenters. The van der Waals surface area contributed by atoms with Crippen molar-refractivity contribution < 1.29 is 0 Å². The molecule has 16 heavy (non-hydrogen) atoms. The van der Waals surface area contributed by atoms with Gasteiger partial charge in [-0.2, -0.15) is 0 Å². The molecule has 4 nitrogen and oxygen atoms in total. The Balaban J connectivity index is 1.93. The molecule has 2 heterocycles. The van der Waals surface area contributed by atoms with Gasteiger partial charge in [0.1, 0.15) is 0 Å². The molecular weight excluding hydrogens is 200 g/mol. The molecule has 90 valence electrons. The average molecular weight is 222 g/mol. The fourth-order valence-electron chi connectivity index (χ4n) is 2.21. The van der Waals surface area contributed by atoms with Crippen LogP contribution in [0.3, 0.4) is 0 Å². The summed E-state index contributed by atoms with van der Waals surface area (Å²) in [5.41, 5.74) is 1.35. The van der Waals surface area contributed by atoms with E-state index in [1.165, 1.54) is 25.1 Å². The van der Waals surface area contributed by atoms with Crippen LogP contribution < -0.4 is 5.32 Å². The first-order chi connectivity index (χ1) is 7.90. The van der Waals surface area contributed by atoms with Gasteiger partial charge in [-0.05, 0) is 25.9 Å². The molecule has 0 amide bonds. The van der Waals surface area contributed by atoms with Crippen LogP contribution in [-0.4, -0.2) is 40.6 Å². The maximum atomic E-state index is 4.25. The minimum atomic E-state index is 1.04. The van der Waals surface area contributed by atoms with E-state index in [2.05, 4.69) is 26.7 Å². The van der Waals surface area contributed by atoms with Crippen LogP contribution in [0.25, 0.3) is 0 Å². The van der Waals surface area contributed by atoms with Crippen LogP contribution >= 0.6 is 0 Å². The Kier molecular flexibility index (Phi) is 4.36. The molecule has 0 unspecified atom stereocenters. The Hall–Kier alpha value is -0.870. The first-order valence-corrected chi connectivity index (χ1v) is 6.32. The Bertz CT molecular complexity index is 300. The van der Waals surface area contributed by atoms with Crippen LogP contribution in [-0.2, 0) is 13.1 Å². The van der Waals surface area contributed by atoms with E-state index in [0.29, 0.717) is 0 Å². The summed E-state index contributed by atoms with van der Waals surface area (Å²) in [6.07, 6.45) is 6.38. The molecule has 1 aliphatic heterocycles. The molecule has 0 aliphatic carbocycles. The minimum Gasteiger partial charge on any atom is -0.333 e. The van der Waals surface area contributed by atoms with Gasteiger partial charge in [0.25, 0.3) is 0 Å². The topological polar surface area (TPSA) is 33.1 Å². The minimum absolute atomic E-state index is 1.04. The maximum Gasteiger partial charge on any atom is 0.0948 e. The van der Waals surface area contributed by atoms with Crippen molar-refractivity contribution >= 4 is 0 Å². The molecule has 1 fully saturated rings. The zero-order valence-electron chi connectivity index (χ0n) is 10.2. The van der Waals surface area contributed by atoms with Crippen LogP contribution in [0.1, 0.15) is 25.5 Å². The Labute approximate surface area is 97.7 Å². The summed E-state index contributed by atoms with van der Waals surface area (Å²) < 4.78 is 2.28. The molecule has 1 saturated heterocycles. The molecule has 1 aromatic heterocycles. The predicted molar refractivity (Wildman–Crippen MR) is 65.3 cm³/mol. The van der Waals surface area contributed by atoms with Crippen molar-refractivity contribution in [3.63, 3.8) is 0 Å². The highest BCUT2D eigenvalue weighted by atomic mass is 15.2. The van der Waals surface area contributed by atoms with Crippen LogP contribution in [0.2, 0.25) is 0 Å². The molecule has 0 saturated carbocycles. The van der Waals surface area contributed by atoms with E-state index >= 15 is 0 Å². The molecular formula is C12H22N4. The van der Waals surface area contributed by atoms with Crippen molar-refractivity contribution in [2.75, 3.05) is 26.2 Å². The number of aromatic nitrogens is 2. The molecule has 4 heteroatoms. The van der Waals surface area contributed by atoms with Crippen molar-refractivity contribution in [2.24, 2.45) is 0 Å². The summed E-state index contributed by atoms with van der Waals surface area (Å²) in [5.74, 6) is 0. The number of hydrogen-bond acceptors (Lipinski definition) is 3. The normalized spacial score (nSPS) is 18.6. The van der Waals surface area contributed by atoms with E-state index in [1.54, 1.807) is 0 Å². The van der Waals surface area contributed by atoms with Gasteiger partial charge in [0.05, 0.1) is 12.0 Å². The maximum absolute atomic E-state index is 4.25. The average Bonchev–Trinajstić information content (AvgIpc) is 2.56. The Morgan fingerprint density at radius 1 is 1.38 bits per heavy atom. The fourth-order valence-corrected chi connectivity index (χ4v) is 2.21. The second-order valence-electron chi connectivity index (χ2n) is 4.46. The first kappa shape index (κ1) is 11.6. The first-order valence-electron chi connectivity index (χ1n) is 6.32. The third kappa shape index (κ3) is 3.06. The van der Waals surface area contributed by atoms with Crippen molar-refractivity contribution in [1.29, 1.82) is 0 Å². The summed E-state index contributed by atoms with van der Waals surface area (Å²) >= 11 is 0. The molecule has 0 spiro atoms. The number of hydrogen-bond donors (Lipinski definition) is 1. The SMILES string of the molecule is CCCn1cncc1CN1CCCNCC1. The van der Waals surface area contributed by atoms with E-state index in [4.69, 9.17) is 0 Å². The van der Waals surface area contributed by atoms with Gasteiger partial charge in [-0.3, -0.25) is 4.90 Å². The zero-order chi connectivity index (χ0) is 11.2. The molecule has 0 radical (unpaired) electrons. The third-order valence-electron chi connectivity index (χ3n) is 3.08. The largest absolute Gasteiger partial charge is 0.333 e.